The quantitative estimate of drug-likeness (QED) is 0.599. The van der Waals surface area contributed by atoms with Crippen molar-refractivity contribution in [1.29, 1.82) is 0 Å². The van der Waals surface area contributed by atoms with E-state index in [9.17, 15) is 0 Å². The van der Waals surface area contributed by atoms with E-state index in [1.54, 1.807) is 0 Å². The molecule has 13 heavy (non-hydrogen) atoms. The lowest BCUT2D eigenvalue weighted by atomic mass is 9.92. The SMILES string of the molecule is C#CCN(CCC(C)(C)C)C1CC1. The highest BCUT2D eigenvalue weighted by atomic mass is 15.2. The van der Waals surface area contributed by atoms with Crippen molar-refractivity contribution in [2.24, 2.45) is 5.41 Å². The third-order valence-electron chi connectivity index (χ3n) is 2.51. The summed E-state index contributed by atoms with van der Waals surface area (Å²) in [6.07, 6.45) is 9.29. The van der Waals surface area contributed by atoms with Gasteiger partial charge in [0.25, 0.3) is 0 Å². The first-order valence-electron chi connectivity index (χ1n) is 5.20. The van der Waals surface area contributed by atoms with E-state index in [2.05, 4.69) is 31.6 Å². The summed E-state index contributed by atoms with van der Waals surface area (Å²) in [5.74, 6) is 2.75. The van der Waals surface area contributed by atoms with Gasteiger partial charge >= 0.3 is 0 Å². The smallest absolute Gasteiger partial charge is 0.0601 e. The molecular formula is C12H21N. The Morgan fingerprint density at radius 2 is 2.00 bits per heavy atom. The van der Waals surface area contributed by atoms with Crippen LogP contribution in [0.25, 0.3) is 0 Å². The van der Waals surface area contributed by atoms with E-state index in [4.69, 9.17) is 6.42 Å². The first-order valence-corrected chi connectivity index (χ1v) is 5.20. The van der Waals surface area contributed by atoms with E-state index in [0.717, 1.165) is 12.6 Å². The van der Waals surface area contributed by atoms with Crippen LogP contribution in [0, 0.1) is 17.8 Å². The molecule has 0 amide bonds. The van der Waals surface area contributed by atoms with Crippen molar-refractivity contribution in [3.05, 3.63) is 0 Å². The summed E-state index contributed by atoms with van der Waals surface area (Å²) in [6.45, 7) is 8.86. The van der Waals surface area contributed by atoms with Gasteiger partial charge in [0.15, 0.2) is 0 Å². The van der Waals surface area contributed by atoms with E-state index in [1.165, 1.54) is 25.8 Å². The molecule has 0 N–H and O–H groups in total. The van der Waals surface area contributed by atoms with Crippen LogP contribution in [0.1, 0.15) is 40.0 Å². The second kappa shape index (κ2) is 4.15. The number of nitrogens with zero attached hydrogens (tertiary/aromatic N) is 1. The fraction of sp³-hybridized carbons (Fsp3) is 0.833. The van der Waals surface area contributed by atoms with Gasteiger partial charge in [0.2, 0.25) is 0 Å². The van der Waals surface area contributed by atoms with Crippen molar-refractivity contribution in [2.75, 3.05) is 13.1 Å². The molecule has 0 aromatic heterocycles. The Hall–Kier alpha value is -0.480. The Labute approximate surface area is 82.5 Å². The lowest BCUT2D eigenvalue weighted by molar-refractivity contribution is 0.241. The van der Waals surface area contributed by atoms with Crippen LogP contribution >= 0.6 is 0 Å². The first-order chi connectivity index (χ1) is 6.03. The Balaban J connectivity index is 2.27. The van der Waals surface area contributed by atoms with E-state index < -0.39 is 0 Å². The van der Waals surface area contributed by atoms with Gasteiger partial charge in [-0.25, -0.2) is 0 Å². The van der Waals surface area contributed by atoms with Crippen molar-refractivity contribution in [3.8, 4) is 12.3 Å². The number of rotatable bonds is 4. The molecule has 0 heterocycles. The molecule has 1 fully saturated rings. The summed E-state index contributed by atoms with van der Waals surface area (Å²) in [6, 6.07) is 0.804. The van der Waals surface area contributed by atoms with Gasteiger partial charge < -0.3 is 0 Å². The van der Waals surface area contributed by atoms with Crippen LogP contribution in [0.4, 0.5) is 0 Å². The van der Waals surface area contributed by atoms with Crippen LogP contribution in [0.15, 0.2) is 0 Å². The maximum absolute atomic E-state index is 5.34. The fourth-order valence-electron chi connectivity index (χ4n) is 1.43. The highest BCUT2D eigenvalue weighted by molar-refractivity contribution is 4.94. The van der Waals surface area contributed by atoms with Gasteiger partial charge in [-0.15, -0.1) is 6.42 Å². The third-order valence-corrected chi connectivity index (χ3v) is 2.51. The zero-order valence-corrected chi connectivity index (χ0v) is 9.14. The predicted octanol–water partition coefficient (Wildman–Crippen LogP) is 2.52. The highest BCUT2D eigenvalue weighted by Gasteiger charge is 2.28. The van der Waals surface area contributed by atoms with Gasteiger partial charge in [-0.05, 0) is 31.2 Å². The standard InChI is InChI=1S/C12H21N/c1-5-9-13(11-6-7-11)10-8-12(2,3)4/h1,11H,6-10H2,2-4H3. The average molecular weight is 179 g/mol. The molecule has 1 aliphatic rings. The maximum atomic E-state index is 5.34. The minimum absolute atomic E-state index is 0.432. The highest BCUT2D eigenvalue weighted by Crippen LogP contribution is 2.28. The van der Waals surface area contributed by atoms with E-state index >= 15 is 0 Å². The van der Waals surface area contributed by atoms with Crippen molar-refractivity contribution >= 4 is 0 Å². The lowest BCUT2D eigenvalue weighted by Gasteiger charge is -2.25. The van der Waals surface area contributed by atoms with Crippen molar-refractivity contribution in [3.63, 3.8) is 0 Å². The molecule has 0 spiro atoms. The number of terminal acetylenes is 1. The molecule has 0 aliphatic heterocycles. The van der Waals surface area contributed by atoms with Crippen LogP contribution in [0.2, 0.25) is 0 Å². The molecule has 1 heteroatoms. The second-order valence-electron chi connectivity index (χ2n) is 5.22. The largest absolute Gasteiger partial charge is 0.289 e. The van der Waals surface area contributed by atoms with Crippen LogP contribution in [0.5, 0.6) is 0 Å². The van der Waals surface area contributed by atoms with Crippen molar-refractivity contribution in [1.82, 2.24) is 4.90 Å². The Kier molecular flexibility index (Phi) is 3.39. The van der Waals surface area contributed by atoms with E-state index in [0.29, 0.717) is 5.41 Å². The molecule has 1 nitrogen and oxygen atoms in total. The Morgan fingerprint density at radius 1 is 1.38 bits per heavy atom. The molecule has 1 aliphatic carbocycles. The zero-order chi connectivity index (χ0) is 9.90. The summed E-state index contributed by atoms with van der Waals surface area (Å²) >= 11 is 0. The van der Waals surface area contributed by atoms with Gasteiger partial charge in [0.1, 0.15) is 0 Å². The topological polar surface area (TPSA) is 3.24 Å². The molecule has 0 saturated heterocycles. The van der Waals surface area contributed by atoms with E-state index in [1.807, 2.05) is 0 Å². The number of hydrogen-bond acceptors (Lipinski definition) is 1. The summed E-state index contributed by atoms with van der Waals surface area (Å²) in [5.41, 5.74) is 0.432. The first kappa shape index (κ1) is 10.6. The fourth-order valence-corrected chi connectivity index (χ4v) is 1.43. The molecule has 0 aromatic rings. The van der Waals surface area contributed by atoms with Gasteiger partial charge in [-0.1, -0.05) is 26.7 Å². The van der Waals surface area contributed by atoms with Crippen molar-refractivity contribution < 1.29 is 0 Å². The van der Waals surface area contributed by atoms with Crippen LogP contribution in [-0.2, 0) is 0 Å². The van der Waals surface area contributed by atoms with Crippen LogP contribution < -0.4 is 0 Å². The van der Waals surface area contributed by atoms with Crippen LogP contribution in [0.3, 0.4) is 0 Å². The molecule has 0 bridgehead atoms. The normalized spacial score (nSPS) is 17.5. The summed E-state index contributed by atoms with van der Waals surface area (Å²) in [5, 5.41) is 0. The minimum atomic E-state index is 0.432. The van der Waals surface area contributed by atoms with Gasteiger partial charge in [0, 0.05) is 6.04 Å². The monoisotopic (exact) mass is 179 g/mol. The molecule has 0 radical (unpaired) electrons. The summed E-state index contributed by atoms with van der Waals surface area (Å²) < 4.78 is 0. The molecule has 1 rings (SSSR count). The molecular weight excluding hydrogens is 158 g/mol. The second-order valence-corrected chi connectivity index (χ2v) is 5.22. The van der Waals surface area contributed by atoms with Gasteiger partial charge in [0.05, 0.1) is 6.54 Å². The average Bonchev–Trinajstić information content (AvgIpc) is 2.78. The van der Waals surface area contributed by atoms with Crippen molar-refractivity contribution in [2.45, 2.75) is 46.1 Å². The van der Waals surface area contributed by atoms with Gasteiger partial charge in [-0.3, -0.25) is 4.90 Å². The third kappa shape index (κ3) is 4.33. The molecule has 1 saturated carbocycles. The van der Waals surface area contributed by atoms with Crippen LogP contribution in [-0.4, -0.2) is 24.0 Å². The Bertz CT molecular complexity index is 190. The Morgan fingerprint density at radius 3 is 2.38 bits per heavy atom. The van der Waals surface area contributed by atoms with Gasteiger partial charge in [-0.2, -0.15) is 0 Å². The minimum Gasteiger partial charge on any atom is -0.289 e. The predicted molar refractivity (Wildman–Crippen MR) is 57.5 cm³/mol. The molecule has 74 valence electrons. The molecule has 0 atom stereocenters. The summed E-state index contributed by atoms with van der Waals surface area (Å²) in [4.78, 5) is 2.45. The summed E-state index contributed by atoms with van der Waals surface area (Å²) in [7, 11) is 0. The zero-order valence-electron chi connectivity index (χ0n) is 9.14. The molecule has 0 aromatic carbocycles. The maximum Gasteiger partial charge on any atom is 0.0601 e. The molecule has 0 unspecified atom stereocenters. The lowest BCUT2D eigenvalue weighted by Crippen LogP contribution is -2.29. The van der Waals surface area contributed by atoms with E-state index in [-0.39, 0.29) is 0 Å². The number of hydrogen-bond donors (Lipinski definition) is 0.